The molecule has 2 bridgehead atoms. The molecular formula is C15H21BrN2. The molecule has 2 aliphatic rings. The van der Waals surface area contributed by atoms with Gasteiger partial charge in [0, 0.05) is 29.6 Å². The lowest BCUT2D eigenvalue weighted by molar-refractivity contribution is 0.206. The fourth-order valence-corrected chi connectivity index (χ4v) is 4.12. The summed E-state index contributed by atoms with van der Waals surface area (Å²) < 4.78 is 1.14. The van der Waals surface area contributed by atoms with Gasteiger partial charge in [-0.15, -0.1) is 0 Å². The molecule has 18 heavy (non-hydrogen) atoms. The van der Waals surface area contributed by atoms with Crippen molar-refractivity contribution in [3.05, 3.63) is 34.3 Å². The van der Waals surface area contributed by atoms with Crippen LogP contribution in [0.4, 0.5) is 0 Å². The molecule has 1 aliphatic heterocycles. The first-order valence-electron chi connectivity index (χ1n) is 6.98. The Morgan fingerprint density at radius 1 is 1.33 bits per heavy atom. The topological polar surface area (TPSA) is 29.3 Å². The molecule has 3 heteroatoms. The second kappa shape index (κ2) is 5.32. The lowest BCUT2D eigenvalue weighted by atomic mass is 10.0. The largest absolute Gasteiger partial charge is 0.324 e. The molecule has 1 aromatic carbocycles. The van der Waals surface area contributed by atoms with Crippen molar-refractivity contribution in [3.63, 3.8) is 0 Å². The van der Waals surface area contributed by atoms with Gasteiger partial charge in [-0.2, -0.15) is 0 Å². The van der Waals surface area contributed by atoms with E-state index in [-0.39, 0.29) is 6.04 Å². The highest BCUT2D eigenvalue weighted by molar-refractivity contribution is 9.10. The van der Waals surface area contributed by atoms with Gasteiger partial charge in [-0.3, -0.25) is 0 Å². The molecule has 1 aliphatic carbocycles. The molecule has 0 aromatic heterocycles. The van der Waals surface area contributed by atoms with Crippen molar-refractivity contribution >= 4 is 15.9 Å². The van der Waals surface area contributed by atoms with Crippen LogP contribution in [-0.4, -0.2) is 24.0 Å². The fraction of sp³-hybridized carbons (Fsp3) is 0.600. The van der Waals surface area contributed by atoms with Gasteiger partial charge >= 0.3 is 0 Å². The van der Waals surface area contributed by atoms with Gasteiger partial charge in [-0.25, -0.2) is 0 Å². The number of nitrogens with zero attached hydrogens (tertiary/aromatic N) is 1. The van der Waals surface area contributed by atoms with Gasteiger partial charge in [0.15, 0.2) is 0 Å². The standard InChI is InChI=1S/C15H21BrN2/c16-14-4-2-1-3-13(14)15(17)7-8-18-10-11-5-6-12(18)9-11/h1-4,11-12,15H,5-10,17H2. The zero-order valence-electron chi connectivity index (χ0n) is 10.7. The molecular weight excluding hydrogens is 288 g/mol. The minimum absolute atomic E-state index is 0.153. The summed E-state index contributed by atoms with van der Waals surface area (Å²) in [6.45, 7) is 2.47. The molecule has 0 spiro atoms. The maximum absolute atomic E-state index is 6.32. The number of likely N-dealkylation sites (tertiary alicyclic amines) is 1. The summed E-state index contributed by atoms with van der Waals surface area (Å²) in [5.41, 5.74) is 7.55. The van der Waals surface area contributed by atoms with E-state index in [0.29, 0.717) is 0 Å². The number of hydrogen-bond donors (Lipinski definition) is 1. The summed E-state index contributed by atoms with van der Waals surface area (Å²) in [5, 5.41) is 0. The van der Waals surface area contributed by atoms with E-state index in [0.717, 1.165) is 29.4 Å². The highest BCUT2D eigenvalue weighted by Gasteiger charge is 2.37. The molecule has 1 heterocycles. The summed E-state index contributed by atoms with van der Waals surface area (Å²) in [5.74, 6) is 0.981. The minimum Gasteiger partial charge on any atom is -0.324 e. The zero-order valence-corrected chi connectivity index (χ0v) is 12.3. The van der Waals surface area contributed by atoms with Gasteiger partial charge < -0.3 is 10.6 Å². The summed E-state index contributed by atoms with van der Waals surface area (Å²) in [4.78, 5) is 2.66. The van der Waals surface area contributed by atoms with E-state index in [9.17, 15) is 0 Å². The molecule has 2 nitrogen and oxygen atoms in total. The highest BCUT2D eigenvalue weighted by atomic mass is 79.9. The van der Waals surface area contributed by atoms with Crippen molar-refractivity contribution in [1.82, 2.24) is 4.90 Å². The second-order valence-electron chi connectivity index (χ2n) is 5.74. The van der Waals surface area contributed by atoms with E-state index in [4.69, 9.17) is 5.73 Å². The van der Waals surface area contributed by atoms with Crippen molar-refractivity contribution in [2.24, 2.45) is 11.7 Å². The Morgan fingerprint density at radius 3 is 2.83 bits per heavy atom. The Kier molecular flexibility index (Phi) is 3.73. The molecule has 0 amide bonds. The van der Waals surface area contributed by atoms with Gasteiger partial charge in [0.1, 0.15) is 0 Å². The minimum atomic E-state index is 0.153. The van der Waals surface area contributed by atoms with E-state index in [1.165, 1.54) is 31.4 Å². The summed E-state index contributed by atoms with van der Waals surface area (Å²) >= 11 is 3.59. The maximum Gasteiger partial charge on any atom is 0.0318 e. The Bertz CT molecular complexity index is 421. The van der Waals surface area contributed by atoms with Crippen LogP contribution in [0.15, 0.2) is 28.7 Å². The van der Waals surface area contributed by atoms with Crippen molar-refractivity contribution in [3.8, 4) is 0 Å². The Balaban J connectivity index is 1.56. The molecule has 1 aromatic rings. The van der Waals surface area contributed by atoms with Crippen LogP contribution in [0, 0.1) is 5.92 Å². The first kappa shape index (κ1) is 12.6. The predicted molar refractivity (Wildman–Crippen MR) is 78.4 cm³/mol. The average Bonchev–Trinajstić information content (AvgIpc) is 2.98. The number of nitrogens with two attached hydrogens (primary N) is 1. The van der Waals surface area contributed by atoms with Gasteiger partial charge in [-0.05, 0) is 43.2 Å². The van der Waals surface area contributed by atoms with E-state index in [1.807, 2.05) is 6.07 Å². The van der Waals surface area contributed by atoms with Crippen molar-refractivity contribution in [2.75, 3.05) is 13.1 Å². The van der Waals surface area contributed by atoms with Crippen LogP contribution in [0.3, 0.4) is 0 Å². The first-order chi connectivity index (χ1) is 8.74. The summed E-state index contributed by atoms with van der Waals surface area (Å²) in [6, 6.07) is 9.33. The Hall–Kier alpha value is -0.380. The van der Waals surface area contributed by atoms with Crippen LogP contribution in [0.25, 0.3) is 0 Å². The van der Waals surface area contributed by atoms with E-state index < -0.39 is 0 Å². The van der Waals surface area contributed by atoms with Crippen LogP contribution in [-0.2, 0) is 0 Å². The lowest BCUT2D eigenvalue weighted by Gasteiger charge is -2.28. The molecule has 3 rings (SSSR count). The highest BCUT2D eigenvalue weighted by Crippen LogP contribution is 2.37. The Labute approximate surface area is 118 Å². The average molecular weight is 309 g/mol. The number of halogens is 1. The van der Waals surface area contributed by atoms with E-state index in [1.54, 1.807) is 0 Å². The Morgan fingerprint density at radius 2 is 2.17 bits per heavy atom. The maximum atomic E-state index is 6.32. The van der Waals surface area contributed by atoms with Gasteiger partial charge in [0.25, 0.3) is 0 Å². The summed E-state index contributed by atoms with van der Waals surface area (Å²) in [6.07, 6.45) is 5.36. The predicted octanol–water partition coefficient (Wildman–Crippen LogP) is 3.32. The van der Waals surface area contributed by atoms with Crippen LogP contribution in [0.1, 0.15) is 37.3 Å². The summed E-state index contributed by atoms with van der Waals surface area (Å²) in [7, 11) is 0. The molecule has 3 atom stereocenters. The quantitative estimate of drug-likeness (QED) is 0.924. The van der Waals surface area contributed by atoms with E-state index >= 15 is 0 Å². The number of hydrogen-bond acceptors (Lipinski definition) is 2. The first-order valence-corrected chi connectivity index (χ1v) is 7.77. The lowest BCUT2D eigenvalue weighted by Crippen LogP contribution is -2.34. The van der Waals surface area contributed by atoms with Crippen LogP contribution >= 0.6 is 15.9 Å². The normalized spacial score (nSPS) is 28.8. The van der Waals surface area contributed by atoms with Crippen LogP contribution in [0.2, 0.25) is 0 Å². The van der Waals surface area contributed by atoms with Crippen molar-refractivity contribution in [1.29, 1.82) is 0 Å². The molecule has 1 saturated heterocycles. The van der Waals surface area contributed by atoms with E-state index in [2.05, 4.69) is 39.0 Å². The number of benzene rings is 1. The molecule has 2 fully saturated rings. The van der Waals surface area contributed by atoms with Gasteiger partial charge in [0.05, 0.1) is 0 Å². The third-order valence-corrected chi connectivity index (χ3v) is 5.28. The third kappa shape index (κ3) is 2.49. The SMILES string of the molecule is NC(CCN1CC2CCC1C2)c1ccccc1Br. The number of piperidine rings is 1. The van der Waals surface area contributed by atoms with Crippen molar-refractivity contribution < 1.29 is 0 Å². The van der Waals surface area contributed by atoms with Crippen molar-refractivity contribution in [2.45, 2.75) is 37.8 Å². The monoisotopic (exact) mass is 308 g/mol. The molecule has 0 radical (unpaired) electrons. The fourth-order valence-electron chi connectivity index (χ4n) is 3.54. The molecule has 3 unspecified atom stereocenters. The number of fused-ring (bicyclic) bond motifs is 2. The van der Waals surface area contributed by atoms with Crippen LogP contribution in [0.5, 0.6) is 0 Å². The molecule has 2 N–H and O–H groups in total. The van der Waals surface area contributed by atoms with Gasteiger partial charge in [0.2, 0.25) is 0 Å². The molecule has 1 saturated carbocycles. The van der Waals surface area contributed by atoms with Crippen LogP contribution < -0.4 is 5.73 Å². The number of rotatable bonds is 4. The second-order valence-corrected chi connectivity index (χ2v) is 6.60. The van der Waals surface area contributed by atoms with Gasteiger partial charge in [-0.1, -0.05) is 34.1 Å². The molecule has 98 valence electrons. The smallest absolute Gasteiger partial charge is 0.0318 e. The zero-order chi connectivity index (χ0) is 12.5. The third-order valence-electron chi connectivity index (χ3n) is 4.55.